The van der Waals surface area contributed by atoms with Gasteiger partial charge in [-0.1, -0.05) is 135 Å². The average molecular weight is 583 g/mol. The summed E-state index contributed by atoms with van der Waals surface area (Å²) >= 11 is 0. The lowest BCUT2D eigenvalue weighted by atomic mass is 9.90. The van der Waals surface area contributed by atoms with Crippen LogP contribution in [0.15, 0.2) is 121 Å². The summed E-state index contributed by atoms with van der Waals surface area (Å²) in [5.41, 5.74) is 4.09. The molecule has 0 amide bonds. The summed E-state index contributed by atoms with van der Waals surface area (Å²) < 4.78 is 32.9. The van der Waals surface area contributed by atoms with E-state index in [2.05, 4.69) is 0 Å². The molecule has 43 heavy (non-hydrogen) atoms. The van der Waals surface area contributed by atoms with Gasteiger partial charge in [-0.2, -0.15) is 0 Å². The van der Waals surface area contributed by atoms with Crippen molar-refractivity contribution in [2.24, 2.45) is 5.92 Å². The summed E-state index contributed by atoms with van der Waals surface area (Å²) in [6.45, 7) is 5.29. The molecule has 6 atom stereocenters. The van der Waals surface area contributed by atoms with E-state index in [-0.39, 0.29) is 5.92 Å². The van der Waals surface area contributed by atoms with Crippen molar-refractivity contribution < 1.29 is 28.8 Å². The molecule has 0 unspecified atom stereocenters. The number of benzene rings is 4. The predicted molar refractivity (Wildman–Crippen MR) is 166 cm³/mol. The van der Waals surface area contributed by atoms with Gasteiger partial charge < -0.3 is 28.8 Å². The number of rotatable bonds is 14. The number of hydrogen-bond acceptors (Lipinski definition) is 6. The second-order valence-electron chi connectivity index (χ2n) is 11.3. The first-order valence-electron chi connectivity index (χ1n) is 15.0. The molecule has 1 N–H and O–H groups in total. The lowest BCUT2D eigenvalue weighted by Crippen LogP contribution is -2.64. The molecular weight excluding hydrogens is 540 g/mol. The Morgan fingerprint density at radius 2 is 0.860 bits per heavy atom. The van der Waals surface area contributed by atoms with Gasteiger partial charge in [0.2, 0.25) is 0 Å². The van der Waals surface area contributed by atoms with Crippen LogP contribution in [0, 0.1) is 5.92 Å². The van der Waals surface area contributed by atoms with Crippen LogP contribution in [-0.4, -0.2) is 41.9 Å². The summed E-state index contributed by atoms with van der Waals surface area (Å²) in [5, 5.41) is 11.5. The molecule has 226 valence electrons. The van der Waals surface area contributed by atoms with Crippen LogP contribution < -0.4 is 0 Å². The van der Waals surface area contributed by atoms with E-state index >= 15 is 0 Å². The van der Waals surface area contributed by atoms with Crippen molar-refractivity contribution in [1.29, 1.82) is 0 Å². The van der Waals surface area contributed by atoms with Crippen LogP contribution in [0.2, 0.25) is 0 Å². The largest absolute Gasteiger partial charge is 0.390 e. The number of aliphatic hydroxyl groups excluding tert-OH is 1. The summed E-state index contributed by atoms with van der Waals surface area (Å²) in [7, 11) is 0. The molecule has 0 radical (unpaired) electrons. The van der Waals surface area contributed by atoms with Crippen LogP contribution in [0.25, 0.3) is 0 Å². The Kier molecular flexibility index (Phi) is 11.5. The third kappa shape index (κ3) is 8.83. The van der Waals surface area contributed by atoms with E-state index < -0.39 is 36.8 Å². The second-order valence-corrected chi connectivity index (χ2v) is 11.3. The lowest BCUT2D eigenvalue weighted by Gasteiger charge is -2.47. The maximum Gasteiger partial charge on any atom is 0.187 e. The molecule has 1 aliphatic rings. The van der Waals surface area contributed by atoms with E-state index in [1.165, 1.54) is 0 Å². The van der Waals surface area contributed by atoms with Gasteiger partial charge in [0.15, 0.2) is 6.29 Å². The zero-order chi connectivity index (χ0) is 29.9. The maximum absolute atomic E-state index is 11.5. The van der Waals surface area contributed by atoms with Gasteiger partial charge in [-0.05, 0) is 28.2 Å². The molecule has 6 nitrogen and oxygen atoms in total. The Labute approximate surface area is 255 Å². The van der Waals surface area contributed by atoms with Crippen LogP contribution in [0.3, 0.4) is 0 Å². The van der Waals surface area contributed by atoms with Gasteiger partial charge in [-0.25, -0.2) is 0 Å². The Morgan fingerprint density at radius 3 is 1.26 bits per heavy atom. The van der Waals surface area contributed by atoms with Crippen LogP contribution in [-0.2, 0) is 50.1 Å². The van der Waals surface area contributed by atoms with Gasteiger partial charge in [-0.3, -0.25) is 0 Å². The fourth-order valence-electron chi connectivity index (χ4n) is 5.23. The highest BCUT2D eigenvalue weighted by Crippen LogP contribution is 2.34. The van der Waals surface area contributed by atoms with Crippen molar-refractivity contribution in [3.05, 3.63) is 144 Å². The molecule has 0 saturated carbocycles. The van der Waals surface area contributed by atoms with Crippen LogP contribution in [0.5, 0.6) is 0 Å². The Morgan fingerprint density at radius 1 is 0.512 bits per heavy atom. The third-order valence-corrected chi connectivity index (χ3v) is 7.66. The van der Waals surface area contributed by atoms with Crippen molar-refractivity contribution in [3.63, 3.8) is 0 Å². The third-order valence-electron chi connectivity index (χ3n) is 7.66. The van der Waals surface area contributed by atoms with Crippen LogP contribution in [0.4, 0.5) is 0 Å². The molecule has 1 saturated heterocycles. The standard InChI is InChI=1S/C37H42O6/c1-27(2)32(38)33-34(39-23-28-15-7-3-8-16-28)35(40-24-29-17-9-4-10-18-29)36(41-25-30-19-11-5-12-20-30)37(43-33)42-26-31-21-13-6-14-22-31/h3-22,27,32-38H,23-26H2,1-2H3/t32-,33+,34-,35-,36-,37-/m0/s1. The minimum atomic E-state index is -0.818. The quantitative estimate of drug-likeness (QED) is 0.179. The van der Waals surface area contributed by atoms with Gasteiger partial charge in [0.05, 0.1) is 32.5 Å². The topological polar surface area (TPSA) is 66.4 Å². The second kappa shape index (κ2) is 15.9. The normalized spacial score (nSPS) is 22.8. The zero-order valence-electron chi connectivity index (χ0n) is 24.9. The minimum absolute atomic E-state index is 0.0841. The van der Waals surface area contributed by atoms with E-state index in [0.29, 0.717) is 26.4 Å². The predicted octanol–water partition coefficient (Wildman–Crippen LogP) is 6.70. The lowest BCUT2D eigenvalue weighted by molar-refractivity contribution is -0.338. The van der Waals surface area contributed by atoms with Gasteiger partial charge in [0.25, 0.3) is 0 Å². The monoisotopic (exact) mass is 582 g/mol. The number of hydrogen-bond donors (Lipinski definition) is 1. The molecule has 1 heterocycles. The Balaban J connectivity index is 1.47. The molecule has 1 aliphatic heterocycles. The van der Waals surface area contributed by atoms with E-state index in [4.69, 9.17) is 23.7 Å². The van der Waals surface area contributed by atoms with Crippen LogP contribution in [0.1, 0.15) is 36.1 Å². The van der Waals surface area contributed by atoms with Crippen LogP contribution >= 0.6 is 0 Å². The van der Waals surface area contributed by atoms with E-state index in [1.807, 2.05) is 135 Å². The molecule has 0 aliphatic carbocycles. The van der Waals surface area contributed by atoms with E-state index in [1.54, 1.807) is 0 Å². The number of ether oxygens (including phenoxy) is 5. The molecule has 5 rings (SSSR count). The molecule has 4 aromatic carbocycles. The SMILES string of the molecule is CC(C)[C@H](O)[C@H]1O[C@H](OCc2ccccc2)[C@@H](OCc2ccccc2)[C@@H](OCc2ccccc2)[C@H]1OCc1ccccc1. The van der Waals surface area contributed by atoms with E-state index in [0.717, 1.165) is 22.3 Å². The summed E-state index contributed by atoms with van der Waals surface area (Å²) in [6, 6.07) is 40.0. The highest BCUT2D eigenvalue weighted by atomic mass is 16.7. The fraction of sp³-hybridized carbons (Fsp3) is 0.351. The van der Waals surface area contributed by atoms with Gasteiger partial charge in [-0.15, -0.1) is 0 Å². The molecule has 0 bridgehead atoms. The first-order valence-corrected chi connectivity index (χ1v) is 15.0. The molecular formula is C37H42O6. The van der Waals surface area contributed by atoms with Crippen molar-refractivity contribution in [2.75, 3.05) is 0 Å². The number of aliphatic hydroxyl groups is 1. The molecule has 4 aromatic rings. The van der Waals surface area contributed by atoms with Gasteiger partial charge >= 0.3 is 0 Å². The fourth-order valence-corrected chi connectivity index (χ4v) is 5.23. The van der Waals surface area contributed by atoms with Gasteiger partial charge in [0.1, 0.15) is 24.4 Å². The average Bonchev–Trinajstić information content (AvgIpc) is 3.06. The van der Waals surface area contributed by atoms with Crippen molar-refractivity contribution in [1.82, 2.24) is 0 Å². The Bertz CT molecular complexity index is 1320. The Hall–Kier alpha value is -3.36. The summed E-state index contributed by atoms with van der Waals surface area (Å²) in [5.74, 6) is -0.0841. The first-order chi connectivity index (χ1) is 21.1. The molecule has 6 heteroatoms. The summed E-state index contributed by atoms with van der Waals surface area (Å²) in [4.78, 5) is 0. The molecule has 0 spiro atoms. The molecule has 0 aromatic heterocycles. The first kappa shape index (κ1) is 31.1. The van der Waals surface area contributed by atoms with Gasteiger partial charge in [0, 0.05) is 0 Å². The minimum Gasteiger partial charge on any atom is -0.390 e. The maximum atomic E-state index is 11.5. The van der Waals surface area contributed by atoms with E-state index in [9.17, 15) is 5.11 Å². The highest BCUT2D eigenvalue weighted by Gasteiger charge is 2.51. The van der Waals surface area contributed by atoms with Crippen molar-refractivity contribution >= 4 is 0 Å². The van der Waals surface area contributed by atoms with Crippen molar-refractivity contribution in [2.45, 2.75) is 77.1 Å². The zero-order valence-corrected chi connectivity index (χ0v) is 24.9. The van der Waals surface area contributed by atoms with Crippen molar-refractivity contribution in [3.8, 4) is 0 Å². The summed E-state index contributed by atoms with van der Waals surface area (Å²) in [6.07, 6.45) is -4.19. The highest BCUT2D eigenvalue weighted by molar-refractivity contribution is 5.16. The molecule has 1 fully saturated rings. The smallest absolute Gasteiger partial charge is 0.187 e.